The molecule has 1 N–H and O–H groups in total. The van der Waals surface area contributed by atoms with Gasteiger partial charge in [-0.1, -0.05) is 63.2 Å². The zero-order chi connectivity index (χ0) is 13.5. The molecule has 0 aliphatic heterocycles. The van der Waals surface area contributed by atoms with Gasteiger partial charge in [-0.05, 0) is 22.3 Å². The molecule has 2 nitrogen and oxygen atoms in total. The average Bonchev–Trinajstić information content (AvgIpc) is 2.27. The van der Waals surface area contributed by atoms with E-state index in [1.807, 2.05) is 42.5 Å². The van der Waals surface area contributed by atoms with Gasteiger partial charge in [-0.25, -0.2) is 0 Å². The molecule has 2 aromatic carbocycles. The van der Waals surface area contributed by atoms with Crippen molar-refractivity contribution in [3.8, 4) is 0 Å². The lowest BCUT2D eigenvalue weighted by atomic mass is 10.1. The summed E-state index contributed by atoms with van der Waals surface area (Å²) in [5, 5.41) is 10.9. The summed E-state index contributed by atoms with van der Waals surface area (Å²) in [4.78, 5) is 10.5. The summed E-state index contributed by atoms with van der Waals surface area (Å²) >= 11 is 0. The van der Waals surface area contributed by atoms with Crippen molar-refractivity contribution in [1.29, 1.82) is 0 Å². The van der Waals surface area contributed by atoms with Crippen molar-refractivity contribution in [1.82, 2.24) is 0 Å². The fraction of sp³-hybridized carbons (Fsp3) is 0.312. The molecule has 0 saturated carbocycles. The molecular formula is C16H20O2. The van der Waals surface area contributed by atoms with Crippen LogP contribution in [0.4, 0.5) is 0 Å². The quantitative estimate of drug-likeness (QED) is 0.862. The Hall–Kier alpha value is -1.83. The van der Waals surface area contributed by atoms with Crippen LogP contribution in [0.5, 0.6) is 0 Å². The third-order valence-electron chi connectivity index (χ3n) is 2.17. The number of hydrogen-bond donors (Lipinski definition) is 1. The fourth-order valence-corrected chi connectivity index (χ4v) is 1.52. The highest BCUT2D eigenvalue weighted by molar-refractivity contribution is 5.84. The topological polar surface area (TPSA) is 37.3 Å². The van der Waals surface area contributed by atoms with E-state index in [4.69, 9.17) is 5.11 Å². The first-order chi connectivity index (χ1) is 8.49. The molecule has 2 rings (SSSR count). The van der Waals surface area contributed by atoms with Crippen molar-refractivity contribution in [2.45, 2.75) is 27.2 Å². The van der Waals surface area contributed by atoms with Crippen LogP contribution in [0.15, 0.2) is 42.5 Å². The van der Waals surface area contributed by atoms with Crippen LogP contribution < -0.4 is 0 Å². The van der Waals surface area contributed by atoms with E-state index < -0.39 is 5.97 Å². The van der Waals surface area contributed by atoms with Gasteiger partial charge < -0.3 is 5.11 Å². The summed E-state index contributed by atoms with van der Waals surface area (Å²) in [5.41, 5.74) is 0.844. The molecule has 2 aromatic rings. The number of rotatable bonds is 2. The van der Waals surface area contributed by atoms with Gasteiger partial charge in [0, 0.05) is 0 Å². The SMILES string of the molecule is CC(C)C.O=C(O)Cc1ccc2ccccc2c1. The average molecular weight is 244 g/mol. The molecule has 18 heavy (non-hydrogen) atoms. The summed E-state index contributed by atoms with van der Waals surface area (Å²) in [7, 11) is 0. The minimum absolute atomic E-state index is 0.0881. The predicted molar refractivity (Wildman–Crippen MR) is 75.8 cm³/mol. The maximum absolute atomic E-state index is 10.5. The van der Waals surface area contributed by atoms with Crippen molar-refractivity contribution in [2.75, 3.05) is 0 Å². The second-order valence-corrected chi connectivity index (χ2v) is 4.98. The van der Waals surface area contributed by atoms with Crippen molar-refractivity contribution in [3.05, 3.63) is 48.0 Å². The summed E-state index contributed by atoms with van der Waals surface area (Å²) in [6.07, 6.45) is 0.0881. The Morgan fingerprint density at radius 2 is 1.61 bits per heavy atom. The fourth-order valence-electron chi connectivity index (χ4n) is 1.52. The van der Waals surface area contributed by atoms with Gasteiger partial charge in [0.2, 0.25) is 0 Å². The van der Waals surface area contributed by atoms with E-state index in [1.54, 1.807) is 0 Å². The lowest BCUT2D eigenvalue weighted by molar-refractivity contribution is -0.136. The molecule has 0 aliphatic carbocycles. The molecule has 0 aliphatic rings. The molecule has 0 saturated heterocycles. The second-order valence-electron chi connectivity index (χ2n) is 4.98. The van der Waals surface area contributed by atoms with Crippen LogP contribution in [0.25, 0.3) is 10.8 Å². The van der Waals surface area contributed by atoms with Gasteiger partial charge in [-0.3, -0.25) is 4.79 Å². The summed E-state index contributed by atoms with van der Waals surface area (Å²) < 4.78 is 0. The van der Waals surface area contributed by atoms with E-state index in [2.05, 4.69) is 20.8 Å². The standard InChI is InChI=1S/C12H10O2.C4H10/c13-12(14)8-9-5-6-10-3-1-2-4-11(10)7-9;1-4(2)3/h1-7H,8H2,(H,13,14);4H,1-3H3. The monoisotopic (exact) mass is 244 g/mol. The molecule has 0 radical (unpaired) electrons. The zero-order valence-corrected chi connectivity index (χ0v) is 11.2. The Morgan fingerprint density at radius 1 is 1.06 bits per heavy atom. The number of fused-ring (bicyclic) bond motifs is 1. The molecule has 0 heterocycles. The van der Waals surface area contributed by atoms with Crippen LogP contribution in [0, 0.1) is 5.92 Å². The highest BCUT2D eigenvalue weighted by Crippen LogP contribution is 2.15. The lowest BCUT2D eigenvalue weighted by Gasteiger charge is -2.00. The van der Waals surface area contributed by atoms with Crippen molar-refractivity contribution < 1.29 is 9.90 Å². The van der Waals surface area contributed by atoms with Crippen molar-refractivity contribution >= 4 is 16.7 Å². The smallest absolute Gasteiger partial charge is 0.307 e. The number of benzene rings is 2. The van der Waals surface area contributed by atoms with E-state index in [-0.39, 0.29) is 6.42 Å². The summed E-state index contributed by atoms with van der Waals surface area (Å²) in [6.45, 7) is 6.50. The molecular weight excluding hydrogens is 224 g/mol. The third kappa shape index (κ3) is 5.00. The van der Waals surface area contributed by atoms with Crippen LogP contribution in [0.1, 0.15) is 26.3 Å². The highest BCUT2D eigenvalue weighted by Gasteiger charge is 2.00. The Balaban J connectivity index is 0.000000357. The Morgan fingerprint density at radius 3 is 2.17 bits per heavy atom. The van der Waals surface area contributed by atoms with Crippen molar-refractivity contribution in [3.63, 3.8) is 0 Å². The maximum Gasteiger partial charge on any atom is 0.307 e. The molecule has 0 amide bonds. The van der Waals surface area contributed by atoms with Crippen LogP contribution in [-0.2, 0) is 11.2 Å². The molecule has 0 unspecified atom stereocenters. The minimum Gasteiger partial charge on any atom is -0.481 e. The zero-order valence-electron chi connectivity index (χ0n) is 11.2. The van der Waals surface area contributed by atoms with Crippen LogP contribution in [-0.4, -0.2) is 11.1 Å². The molecule has 0 aromatic heterocycles. The first kappa shape index (κ1) is 14.2. The predicted octanol–water partition coefficient (Wildman–Crippen LogP) is 4.13. The second kappa shape index (κ2) is 6.80. The molecule has 0 fully saturated rings. The molecule has 0 bridgehead atoms. The van der Waals surface area contributed by atoms with E-state index in [0.29, 0.717) is 0 Å². The number of hydrogen-bond acceptors (Lipinski definition) is 1. The Labute approximate surface area is 108 Å². The van der Waals surface area contributed by atoms with Crippen molar-refractivity contribution in [2.24, 2.45) is 5.92 Å². The van der Waals surface area contributed by atoms with E-state index >= 15 is 0 Å². The molecule has 96 valence electrons. The number of carboxylic acid groups (broad SMARTS) is 1. The maximum atomic E-state index is 10.5. The van der Waals surface area contributed by atoms with Gasteiger partial charge >= 0.3 is 5.97 Å². The first-order valence-corrected chi connectivity index (χ1v) is 6.18. The lowest BCUT2D eigenvalue weighted by Crippen LogP contribution is -1.99. The van der Waals surface area contributed by atoms with E-state index in [1.165, 1.54) is 0 Å². The van der Waals surface area contributed by atoms with Gasteiger partial charge in [0.15, 0.2) is 0 Å². The van der Waals surface area contributed by atoms with Crippen LogP contribution >= 0.6 is 0 Å². The first-order valence-electron chi connectivity index (χ1n) is 6.18. The van der Waals surface area contributed by atoms with Crippen LogP contribution in [0.2, 0.25) is 0 Å². The van der Waals surface area contributed by atoms with Gasteiger partial charge in [0.05, 0.1) is 6.42 Å². The Bertz CT molecular complexity index is 512. The number of carbonyl (C=O) groups is 1. The molecule has 0 atom stereocenters. The largest absolute Gasteiger partial charge is 0.481 e. The minimum atomic E-state index is -0.791. The normalized spacial score (nSPS) is 10.0. The van der Waals surface area contributed by atoms with E-state index in [9.17, 15) is 4.79 Å². The number of aliphatic carboxylic acids is 1. The summed E-state index contributed by atoms with van der Waals surface area (Å²) in [6, 6.07) is 13.7. The highest BCUT2D eigenvalue weighted by atomic mass is 16.4. The molecule has 0 spiro atoms. The van der Waals surface area contributed by atoms with Gasteiger partial charge in [-0.2, -0.15) is 0 Å². The van der Waals surface area contributed by atoms with Gasteiger partial charge in [0.1, 0.15) is 0 Å². The summed E-state index contributed by atoms with van der Waals surface area (Å²) in [5.74, 6) is 0.0419. The molecule has 2 heteroatoms. The Kier molecular flexibility index (Phi) is 5.37. The van der Waals surface area contributed by atoms with Gasteiger partial charge in [0.25, 0.3) is 0 Å². The van der Waals surface area contributed by atoms with Crippen LogP contribution in [0.3, 0.4) is 0 Å². The van der Waals surface area contributed by atoms with E-state index in [0.717, 1.165) is 22.3 Å². The third-order valence-corrected chi connectivity index (χ3v) is 2.17. The van der Waals surface area contributed by atoms with Gasteiger partial charge in [-0.15, -0.1) is 0 Å². The number of carboxylic acids is 1.